The smallest absolute Gasteiger partial charge is 0.267 e. The molecule has 1 atom stereocenters. The van der Waals surface area contributed by atoms with Gasteiger partial charge in [-0.05, 0) is 32.3 Å². The molecule has 0 aromatic carbocycles. The molecule has 17 heavy (non-hydrogen) atoms. The van der Waals surface area contributed by atoms with Crippen molar-refractivity contribution in [1.29, 1.82) is 0 Å². The molecule has 0 spiro atoms. The van der Waals surface area contributed by atoms with Gasteiger partial charge < -0.3 is 10.3 Å². The molecule has 1 unspecified atom stereocenters. The van der Waals surface area contributed by atoms with Crippen LogP contribution < -0.4 is 5.32 Å². The van der Waals surface area contributed by atoms with Crippen LogP contribution in [0.5, 0.6) is 0 Å². The lowest BCUT2D eigenvalue weighted by atomic mass is 10.1. The highest BCUT2D eigenvalue weighted by molar-refractivity contribution is 6.02. The van der Waals surface area contributed by atoms with Crippen molar-refractivity contribution in [2.45, 2.75) is 39.2 Å². The van der Waals surface area contributed by atoms with E-state index in [1.807, 2.05) is 13.8 Å². The van der Waals surface area contributed by atoms with Crippen LogP contribution in [-0.2, 0) is 0 Å². The Morgan fingerprint density at radius 2 is 2.24 bits per heavy atom. The normalized spacial score (nSPS) is 16.6. The average molecular weight is 234 g/mol. The lowest BCUT2D eigenvalue weighted by Gasteiger charge is -2.09. The fourth-order valence-corrected chi connectivity index (χ4v) is 1.65. The minimum atomic E-state index is -0.144. The predicted molar refractivity (Wildman–Crippen MR) is 65.1 cm³/mol. The summed E-state index contributed by atoms with van der Waals surface area (Å²) in [5.41, 5.74) is 1.09. The summed E-state index contributed by atoms with van der Waals surface area (Å²) in [6, 6.07) is 1.80. The van der Waals surface area contributed by atoms with Crippen molar-refractivity contribution in [3.8, 4) is 0 Å². The van der Waals surface area contributed by atoms with Crippen molar-refractivity contribution in [2.24, 2.45) is 5.92 Å². The molecule has 2 N–H and O–H groups in total. The zero-order valence-corrected chi connectivity index (χ0v) is 10.2. The third-order valence-corrected chi connectivity index (χ3v) is 3.15. The molecule has 1 amide bonds. The molecule has 1 fully saturated rings. The van der Waals surface area contributed by atoms with E-state index in [2.05, 4.69) is 10.3 Å². The number of H-pyrrole nitrogens is 1. The number of aromatic nitrogens is 1. The minimum absolute atomic E-state index is 0.144. The Morgan fingerprint density at radius 1 is 1.53 bits per heavy atom. The highest BCUT2D eigenvalue weighted by Gasteiger charge is 2.31. The van der Waals surface area contributed by atoms with Crippen LogP contribution in [0.15, 0.2) is 12.3 Å². The Labute approximate surface area is 101 Å². The van der Waals surface area contributed by atoms with Gasteiger partial charge in [-0.2, -0.15) is 0 Å². The number of ketones is 1. The number of carbonyl (C=O) groups is 2. The summed E-state index contributed by atoms with van der Waals surface area (Å²) in [5, 5.41) is 2.86. The van der Waals surface area contributed by atoms with Crippen LogP contribution >= 0.6 is 0 Å². The summed E-state index contributed by atoms with van der Waals surface area (Å²) in [4.78, 5) is 26.4. The number of carbonyl (C=O) groups excluding carboxylic acids is 2. The van der Waals surface area contributed by atoms with Crippen LogP contribution in [0.4, 0.5) is 0 Å². The topological polar surface area (TPSA) is 62.0 Å². The second-order valence-corrected chi connectivity index (χ2v) is 4.72. The molecule has 1 aromatic rings. The monoisotopic (exact) mass is 234 g/mol. The van der Waals surface area contributed by atoms with E-state index >= 15 is 0 Å². The molecule has 0 bridgehead atoms. The minimum Gasteiger partial charge on any atom is -0.356 e. The predicted octanol–water partition coefficient (Wildman–Crippen LogP) is 2.14. The molecule has 1 heterocycles. The van der Waals surface area contributed by atoms with Crippen molar-refractivity contribution >= 4 is 11.7 Å². The van der Waals surface area contributed by atoms with Crippen molar-refractivity contribution in [2.75, 3.05) is 0 Å². The van der Waals surface area contributed by atoms with E-state index < -0.39 is 0 Å². The number of Topliss-reactive ketones (excluding diaryl/α,β-unsaturated/α-hetero) is 1. The number of hydrogen-bond donors (Lipinski definition) is 2. The molecule has 4 nitrogen and oxygen atoms in total. The van der Waals surface area contributed by atoms with Gasteiger partial charge in [0, 0.05) is 23.7 Å². The van der Waals surface area contributed by atoms with Gasteiger partial charge in [0.25, 0.3) is 5.91 Å². The molecule has 2 rings (SSSR count). The van der Waals surface area contributed by atoms with Crippen molar-refractivity contribution < 1.29 is 9.59 Å². The van der Waals surface area contributed by atoms with E-state index in [4.69, 9.17) is 0 Å². The van der Waals surface area contributed by atoms with Crippen molar-refractivity contribution in [3.05, 3.63) is 23.5 Å². The Morgan fingerprint density at radius 3 is 2.82 bits per heavy atom. The van der Waals surface area contributed by atoms with Gasteiger partial charge in [-0.25, -0.2) is 0 Å². The zero-order chi connectivity index (χ0) is 12.4. The van der Waals surface area contributed by atoms with Crippen molar-refractivity contribution in [1.82, 2.24) is 10.3 Å². The van der Waals surface area contributed by atoms with E-state index in [1.54, 1.807) is 12.3 Å². The SMILES string of the molecule is CCC(C)NC(=O)c1cc(C(=O)C2CC2)c[nH]1. The number of hydrogen-bond acceptors (Lipinski definition) is 2. The maximum Gasteiger partial charge on any atom is 0.267 e. The Bertz CT molecular complexity index is 432. The second-order valence-electron chi connectivity index (χ2n) is 4.72. The number of amides is 1. The second kappa shape index (κ2) is 4.73. The molecule has 1 aromatic heterocycles. The van der Waals surface area contributed by atoms with E-state index in [-0.39, 0.29) is 23.7 Å². The van der Waals surface area contributed by atoms with Crippen LogP contribution in [0.1, 0.15) is 54.0 Å². The first-order valence-electron chi connectivity index (χ1n) is 6.15. The summed E-state index contributed by atoms with van der Waals surface area (Å²) >= 11 is 0. The Balaban J connectivity index is 2.02. The van der Waals surface area contributed by atoms with E-state index in [0.717, 1.165) is 19.3 Å². The summed E-state index contributed by atoms with van der Waals surface area (Å²) in [5.74, 6) is 0.203. The third-order valence-electron chi connectivity index (χ3n) is 3.15. The number of aromatic amines is 1. The fourth-order valence-electron chi connectivity index (χ4n) is 1.65. The van der Waals surface area contributed by atoms with Gasteiger partial charge in [-0.15, -0.1) is 0 Å². The van der Waals surface area contributed by atoms with Gasteiger partial charge in [0.2, 0.25) is 0 Å². The number of rotatable bonds is 5. The third kappa shape index (κ3) is 2.75. The maximum absolute atomic E-state index is 11.8. The summed E-state index contributed by atoms with van der Waals surface area (Å²) in [6.07, 6.45) is 4.49. The molecule has 0 saturated heterocycles. The molecular formula is C13H18N2O2. The molecule has 92 valence electrons. The molecule has 1 saturated carbocycles. The molecule has 0 aliphatic heterocycles. The van der Waals surface area contributed by atoms with Gasteiger partial charge in [0.15, 0.2) is 5.78 Å². The van der Waals surface area contributed by atoms with Gasteiger partial charge in [-0.3, -0.25) is 9.59 Å². The summed E-state index contributed by atoms with van der Waals surface area (Å²) in [6.45, 7) is 3.97. The van der Waals surface area contributed by atoms with E-state index in [9.17, 15) is 9.59 Å². The van der Waals surface area contributed by atoms with Crippen LogP contribution in [0.25, 0.3) is 0 Å². The van der Waals surface area contributed by atoms with Crippen LogP contribution in [0.2, 0.25) is 0 Å². The largest absolute Gasteiger partial charge is 0.356 e. The van der Waals surface area contributed by atoms with E-state index in [0.29, 0.717) is 11.3 Å². The lowest BCUT2D eigenvalue weighted by Crippen LogP contribution is -2.32. The first-order valence-corrected chi connectivity index (χ1v) is 6.15. The lowest BCUT2D eigenvalue weighted by molar-refractivity contribution is 0.0934. The molecule has 4 heteroatoms. The first-order chi connectivity index (χ1) is 8.11. The number of nitrogens with one attached hydrogen (secondary N) is 2. The first kappa shape index (κ1) is 11.9. The highest BCUT2D eigenvalue weighted by Crippen LogP contribution is 2.32. The Hall–Kier alpha value is -1.58. The van der Waals surface area contributed by atoms with Gasteiger partial charge in [0.05, 0.1) is 0 Å². The van der Waals surface area contributed by atoms with E-state index in [1.165, 1.54) is 0 Å². The van der Waals surface area contributed by atoms with Crippen LogP contribution in [-0.4, -0.2) is 22.7 Å². The summed E-state index contributed by atoms with van der Waals surface area (Å²) in [7, 11) is 0. The van der Waals surface area contributed by atoms with Crippen LogP contribution in [0, 0.1) is 5.92 Å². The van der Waals surface area contributed by atoms with Gasteiger partial charge >= 0.3 is 0 Å². The molecule has 1 aliphatic carbocycles. The van der Waals surface area contributed by atoms with Gasteiger partial charge in [0.1, 0.15) is 5.69 Å². The fraction of sp³-hybridized carbons (Fsp3) is 0.538. The van der Waals surface area contributed by atoms with Crippen LogP contribution in [0.3, 0.4) is 0 Å². The average Bonchev–Trinajstić information content (AvgIpc) is 3.04. The standard InChI is InChI=1S/C13H18N2O2/c1-3-8(2)15-13(17)11-6-10(7-14-11)12(16)9-4-5-9/h6-9,14H,3-5H2,1-2H3,(H,15,17). The summed E-state index contributed by atoms with van der Waals surface area (Å²) < 4.78 is 0. The molecular weight excluding hydrogens is 216 g/mol. The highest BCUT2D eigenvalue weighted by atomic mass is 16.2. The van der Waals surface area contributed by atoms with Crippen molar-refractivity contribution in [3.63, 3.8) is 0 Å². The maximum atomic E-state index is 11.8. The zero-order valence-electron chi connectivity index (χ0n) is 10.2. The van der Waals surface area contributed by atoms with Gasteiger partial charge in [-0.1, -0.05) is 6.92 Å². The quantitative estimate of drug-likeness (QED) is 0.767. The molecule has 0 radical (unpaired) electrons. The molecule has 1 aliphatic rings. The Kier molecular flexibility index (Phi) is 3.31.